The van der Waals surface area contributed by atoms with Crippen molar-refractivity contribution in [3.05, 3.63) is 51.2 Å². The predicted octanol–water partition coefficient (Wildman–Crippen LogP) is 3.43. The van der Waals surface area contributed by atoms with Gasteiger partial charge < -0.3 is 5.32 Å². The van der Waals surface area contributed by atoms with Crippen molar-refractivity contribution in [1.82, 2.24) is 15.1 Å². The smallest absolute Gasteiger partial charge is 0.252 e. The Bertz CT molecular complexity index is 593. The highest BCUT2D eigenvalue weighted by Crippen LogP contribution is 2.15. The number of rotatable bonds is 5. The van der Waals surface area contributed by atoms with Crippen LogP contribution in [-0.2, 0) is 6.54 Å². The van der Waals surface area contributed by atoms with Gasteiger partial charge in [0, 0.05) is 19.3 Å². The molecule has 0 aliphatic heterocycles. The number of nitrogens with one attached hydrogen (secondary N) is 1. The summed E-state index contributed by atoms with van der Waals surface area (Å²) in [5, 5.41) is 7.66. The van der Waals surface area contributed by atoms with Gasteiger partial charge in [0.15, 0.2) is 0 Å². The zero-order valence-electron chi connectivity index (χ0n) is 11.1. The highest BCUT2D eigenvalue weighted by Gasteiger charge is 2.08. The average molecular weight is 357 g/mol. The lowest BCUT2D eigenvalue weighted by Crippen LogP contribution is -2.25. The van der Waals surface area contributed by atoms with Crippen molar-refractivity contribution >= 4 is 33.4 Å². The van der Waals surface area contributed by atoms with E-state index in [1.807, 2.05) is 17.8 Å². The first kappa shape index (κ1) is 15.1. The summed E-state index contributed by atoms with van der Waals surface area (Å²) >= 11 is 9.39. The van der Waals surface area contributed by atoms with Crippen LogP contribution >= 0.6 is 27.5 Å². The molecule has 0 radical (unpaired) electrons. The molecule has 20 heavy (non-hydrogen) atoms. The van der Waals surface area contributed by atoms with Crippen molar-refractivity contribution in [2.45, 2.75) is 19.9 Å². The lowest BCUT2D eigenvalue weighted by Gasteiger charge is -2.06. The molecule has 0 aliphatic carbocycles. The van der Waals surface area contributed by atoms with E-state index in [0.717, 1.165) is 23.1 Å². The minimum absolute atomic E-state index is 0.145. The summed E-state index contributed by atoms with van der Waals surface area (Å²) in [6.07, 6.45) is 2.75. The molecule has 1 heterocycles. The van der Waals surface area contributed by atoms with Crippen LogP contribution in [0.15, 0.2) is 34.9 Å². The summed E-state index contributed by atoms with van der Waals surface area (Å²) in [6.45, 7) is 3.29. The minimum atomic E-state index is -0.145. The van der Waals surface area contributed by atoms with E-state index < -0.39 is 0 Å². The summed E-state index contributed by atoms with van der Waals surface area (Å²) in [7, 11) is 0. The topological polar surface area (TPSA) is 46.9 Å². The predicted molar refractivity (Wildman–Crippen MR) is 83.1 cm³/mol. The molecule has 106 valence electrons. The maximum absolute atomic E-state index is 11.9. The Balaban J connectivity index is 1.79. The fraction of sp³-hybridized carbons (Fsp3) is 0.286. The third-order valence-electron chi connectivity index (χ3n) is 2.85. The van der Waals surface area contributed by atoms with Crippen molar-refractivity contribution in [2.24, 2.45) is 0 Å². The van der Waals surface area contributed by atoms with E-state index in [9.17, 15) is 4.79 Å². The average Bonchev–Trinajstić information content (AvgIpc) is 2.74. The quantitative estimate of drug-likeness (QED) is 0.834. The van der Waals surface area contributed by atoms with Crippen molar-refractivity contribution in [2.75, 3.05) is 6.54 Å². The number of hydrogen-bond donors (Lipinski definition) is 1. The first-order valence-corrected chi connectivity index (χ1v) is 7.47. The van der Waals surface area contributed by atoms with Crippen LogP contribution in [0.2, 0.25) is 5.02 Å². The Hall–Kier alpha value is -1.33. The molecule has 0 fully saturated rings. The van der Waals surface area contributed by atoms with Crippen molar-refractivity contribution in [3.63, 3.8) is 0 Å². The Morgan fingerprint density at radius 2 is 2.20 bits per heavy atom. The van der Waals surface area contributed by atoms with Gasteiger partial charge in [-0.05, 0) is 41.4 Å². The molecule has 1 aromatic heterocycles. The van der Waals surface area contributed by atoms with Crippen LogP contribution < -0.4 is 5.32 Å². The minimum Gasteiger partial charge on any atom is -0.352 e. The Kier molecular flexibility index (Phi) is 5.20. The first-order chi connectivity index (χ1) is 9.58. The Labute approximate surface area is 131 Å². The van der Waals surface area contributed by atoms with Crippen LogP contribution in [-0.4, -0.2) is 22.2 Å². The van der Waals surface area contributed by atoms with E-state index in [-0.39, 0.29) is 5.91 Å². The van der Waals surface area contributed by atoms with Crippen LogP contribution in [0.5, 0.6) is 0 Å². The van der Waals surface area contributed by atoms with Gasteiger partial charge in [0.25, 0.3) is 5.91 Å². The summed E-state index contributed by atoms with van der Waals surface area (Å²) < 4.78 is 2.86. The van der Waals surface area contributed by atoms with Gasteiger partial charge in [0.2, 0.25) is 0 Å². The highest BCUT2D eigenvalue weighted by molar-refractivity contribution is 9.10. The second-order valence-electron chi connectivity index (χ2n) is 4.41. The number of carbonyl (C=O) groups is 1. The maximum atomic E-state index is 11.9. The van der Waals surface area contributed by atoms with Crippen LogP contribution in [0, 0.1) is 6.92 Å². The number of halogens is 2. The van der Waals surface area contributed by atoms with Gasteiger partial charge in [0.1, 0.15) is 0 Å². The third kappa shape index (κ3) is 3.84. The van der Waals surface area contributed by atoms with Crippen molar-refractivity contribution < 1.29 is 4.79 Å². The van der Waals surface area contributed by atoms with Crippen LogP contribution in [0.1, 0.15) is 22.5 Å². The van der Waals surface area contributed by atoms with E-state index in [1.54, 1.807) is 24.3 Å². The van der Waals surface area contributed by atoms with E-state index in [1.165, 1.54) is 0 Å². The molecule has 1 N–H and O–H groups in total. The summed E-state index contributed by atoms with van der Waals surface area (Å²) in [6, 6.07) is 7.02. The molecular weight excluding hydrogens is 342 g/mol. The number of aryl methyl sites for hydroxylation is 2. The van der Waals surface area contributed by atoms with Crippen LogP contribution in [0.25, 0.3) is 0 Å². The SMILES string of the molecule is Cc1nn(CCCNC(=O)c2ccccc2Cl)cc1Br. The number of hydrogen-bond acceptors (Lipinski definition) is 2. The molecule has 0 aliphatic rings. The van der Waals surface area contributed by atoms with Gasteiger partial charge >= 0.3 is 0 Å². The second-order valence-corrected chi connectivity index (χ2v) is 5.68. The third-order valence-corrected chi connectivity index (χ3v) is 3.96. The molecular formula is C14H15BrClN3O. The van der Waals surface area contributed by atoms with Gasteiger partial charge in [-0.1, -0.05) is 23.7 Å². The molecule has 2 rings (SSSR count). The molecule has 1 aromatic carbocycles. The lowest BCUT2D eigenvalue weighted by molar-refractivity contribution is 0.0952. The highest BCUT2D eigenvalue weighted by atomic mass is 79.9. The molecule has 1 amide bonds. The molecule has 0 saturated heterocycles. The van der Waals surface area contributed by atoms with Crippen LogP contribution in [0.3, 0.4) is 0 Å². The lowest BCUT2D eigenvalue weighted by atomic mass is 10.2. The molecule has 0 unspecified atom stereocenters. The van der Waals surface area contributed by atoms with E-state index in [0.29, 0.717) is 17.1 Å². The number of aromatic nitrogens is 2. The summed E-state index contributed by atoms with van der Waals surface area (Å²) in [5.74, 6) is -0.145. The Morgan fingerprint density at radius 3 is 2.85 bits per heavy atom. The fourth-order valence-corrected chi connectivity index (χ4v) is 2.33. The zero-order valence-corrected chi connectivity index (χ0v) is 13.4. The van der Waals surface area contributed by atoms with Gasteiger partial charge in [-0.15, -0.1) is 0 Å². The van der Waals surface area contributed by atoms with Gasteiger partial charge in [0.05, 0.1) is 20.8 Å². The number of carbonyl (C=O) groups excluding carboxylic acids is 1. The van der Waals surface area contributed by atoms with Gasteiger partial charge in [-0.25, -0.2) is 0 Å². The molecule has 0 bridgehead atoms. The van der Waals surface area contributed by atoms with Crippen molar-refractivity contribution in [3.8, 4) is 0 Å². The first-order valence-electron chi connectivity index (χ1n) is 6.30. The normalized spacial score (nSPS) is 10.6. The standard InChI is InChI=1S/C14H15BrClN3O/c1-10-12(15)9-19(18-10)8-4-7-17-14(20)11-5-2-3-6-13(11)16/h2-3,5-6,9H,4,7-8H2,1H3,(H,17,20). The van der Waals surface area contributed by atoms with Crippen molar-refractivity contribution in [1.29, 1.82) is 0 Å². The van der Waals surface area contributed by atoms with Gasteiger partial charge in [-0.3, -0.25) is 9.48 Å². The summed E-state index contributed by atoms with van der Waals surface area (Å²) in [5.41, 5.74) is 1.47. The number of benzene rings is 1. The Morgan fingerprint density at radius 1 is 1.45 bits per heavy atom. The van der Waals surface area contributed by atoms with Crippen LogP contribution in [0.4, 0.5) is 0 Å². The largest absolute Gasteiger partial charge is 0.352 e. The monoisotopic (exact) mass is 355 g/mol. The molecule has 6 heteroatoms. The number of amides is 1. The van der Waals surface area contributed by atoms with E-state index >= 15 is 0 Å². The second kappa shape index (κ2) is 6.90. The van der Waals surface area contributed by atoms with Gasteiger partial charge in [-0.2, -0.15) is 5.10 Å². The zero-order chi connectivity index (χ0) is 14.5. The molecule has 0 spiro atoms. The summed E-state index contributed by atoms with van der Waals surface area (Å²) in [4.78, 5) is 11.9. The fourth-order valence-electron chi connectivity index (χ4n) is 1.79. The molecule has 2 aromatic rings. The maximum Gasteiger partial charge on any atom is 0.252 e. The molecule has 0 atom stereocenters. The molecule has 0 saturated carbocycles. The van der Waals surface area contributed by atoms with E-state index in [4.69, 9.17) is 11.6 Å². The molecule has 4 nitrogen and oxygen atoms in total. The van der Waals surface area contributed by atoms with E-state index in [2.05, 4.69) is 26.3 Å². The number of nitrogens with zero attached hydrogens (tertiary/aromatic N) is 2.